The molecule has 3 nitrogen and oxygen atoms in total. The maximum absolute atomic E-state index is 4.99. The number of hydrogen-bond donors (Lipinski definition) is 0. The summed E-state index contributed by atoms with van der Waals surface area (Å²) >= 11 is -2.00. The SMILES string of the molecule is Cc1cc(-c2cc(CC(C)C)[c]([Ge]([CH3])([CH3])[CH3])cn2)[c-]c2c3cccc4c5ccccc5n(c12)c34.[Ir].[c-]1ccccc1-c1ccccn1. The van der Waals surface area contributed by atoms with Crippen molar-refractivity contribution in [2.75, 3.05) is 0 Å². The van der Waals surface area contributed by atoms with E-state index in [2.05, 4.69) is 120 Å². The van der Waals surface area contributed by atoms with Crippen molar-refractivity contribution in [2.24, 2.45) is 5.92 Å². The molecule has 0 aliphatic carbocycles. The monoisotopic (exact) mass is 852 g/mol. The van der Waals surface area contributed by atoms with Gasteiger partial charge in [0.1, 0.15) is 0 Å². The summed E-state index contributed by atoms with van der Waals surface area (Å²) in [5.74, 6) is 8.02. The Morgan fingerprint density at radius 2 is 1.49 bits per heavy atom. The number of para-hydroxylation sites is 2. The molecule has 1 radical (unpaired) electrons. The molecule has 0 aliphatic heterocycles. The van der Waals surface area contributed by atoms with Gasteiger partial charge in [0.25, 0.3) is 0 Å². The number of pyridine rings is 2. The molecule has 0 atom stereocenters. The molecule has 0 saturated carbocycles. The summed E-state index contributed by atoms with van der Waals surface area (Å²) < 4.78 is 3.97. The van der Waals surface area contributed by atoms with Crippen LogP contribution in [0.5, 0.6) is 0 Å². The average Bonchev–Trinajstić information content (AvgIpc) is 3.58. The number of aromatic nitrogens is 3. The van der Waals surface area contributed by atoms with E-state index in [4.69, 9.17) is 4.98 Å². The number of rotatable bonds is 5. The van der Waals surface area contributed by atoms with Crippen LogP contribution >= 0.6 is 0 Å². The van der Waals surface area contributed by atoms with Crippen molar-refractivity contribution in [2.45, 2.75) is 44.5 Å². The molecule has 0 aliphatic rings. The van der Waals surface area contributed by atoms with Gasteiger partial charge in [-0.1, -0.05) is 18.2 Å². The van der Waals surface area contributed by atoms with E-state index < -0.39 is 13.3 Å². The third-order valence-corrected chi connectivity index (χ3v) is 13.1. The van der Waals surface area contributed by atoms with Crippen molar-refractivity contribution in [3.8, 4) is 22.5 Å². The molecule has 4 heterocycles. The summed E-state index contributed by atoms with van der Waals surface area (Å²) in [7, 11) is 0. The van der Waals surface area contributed by atoms with Crippen LogP contribution in [-0.4, -0.2) is 27.6 Å². The van der Waals surface area contributed by atoms with E-state index >= 15 is 0 Å². The first-order valence-electron chi connectivity index (χ1n) is 16.2. The Morgan fingerprint density at radius 3 is 2.21 bits per heavy atom. The zero-order chi connectivity index (χ0) is 32.0. The maximum Gasteiger partial charge on any atom is 0.0160 e. The van der Waals surface area contributed by atoms with E-state index in [0.29, 0.717) is 5.92 Å². The van der Waals surface area contributed by atoms with Gasteiger partial charge < -0.3 is 4.98 Å². The van der Waals surface area contributed by atoms with E-state index in [1.165, 1.54) is 53.6 Å². The fourth-order valence-corrected chi connectivity index (χ4v) is 10.1. The number of nitrogens with zero attached hydrogens (tertiary/aromatic N) is 3. The summed E-state index contributed by atoms with van der Waals surface area (Å²) in [5, 5.41) is 5.11. The van der Waals surface area contributed by atoms with Crippen molar-refractivity contribution >= 4 is 55.8 Å². The summed E-state index contributed by atoms with van der Waals surface area (Å²) in [5.41, 5.74) is 10.8. The Hall–Kier alpha value is -3.83. The largest absolute Gasteiger partial charge is 0.305 e. The van der Waals surface area contributed by atoms with Crippen LogP contribution in [0, 0.1) is 25.0 Å². The standard InChI is InChI=1S/C31H31GeN2.C11H8N.Ir/c1-19(2)14-21-17-28(33-18-27(21)32(4,5)6)22-15-20(3)30-26(16-22)25-12-9-11-24-23-10-7-8-13-29(23)34(30)31(24)25;1-2-6-10(7-3-1)11-8-4-5-9-12-11;/h7-13,15,17-19H,14H2,1-6H3;1-6,8-9H;/q2*-1;. The fourth-order valence-electron chi connectivity index (χ4n) is 6.79. The van der Waals surface area contributed by atoms with Gasteiger partial charge in [-0.05, 0) is 11.8 Å². The van der Waals surface area contributed by atoms with Gasteiger partial charge in [-0.15, -0.1) is 35.9 Å². The molecule has 0 saturated heterocycles. The fraction of sp³-hybridized carbons (Fsp3) is 0.190. The Balaban J connectivity index is 0.000000250. The molecule has 4 aromatic carbocycles. The van der Waals surface area contributed by atoms with Gasteiger partial charge in [-0.25, -0.2) is 0 Å². The van der Waals surface area contributed by atoms with Crippen LogP contribution in [0.2, 0.25) is 17.3 Å². The summed E-state index contributed by atoms with van der Waals surface area (Å²) in [6.45, 7) is 6.85. The van der Waals surface area contributed by atoms with Crippen LogP contribution in [0.15, 0.2) is 109 Å². The number of hydrogen-bond acceptors (Lipinski definition) is 2. The molecule has 237 valence electrons. The van der Waals surface area contributed by atoms with Gasteiger partial charge in [0, 0.05) is 26.3 Å². The normalized spacial score (nSPS) is 11.7. The van der Waals surface area contributed by atoms with Crippen molar-refractivity contribution in [1.29, 1.82) is 0 Å². The molecule has 5 heteroatoms. The number of benzene rings is 4. The van der Waals surface area contributed by atoms with Gasteiger partial charge in [0.15, 0.2) is 0 Å². The first-order valence-corrected chi connectivity index (χ1v) is 23.5. The van der Waals surface area contributed by atoms with Crippen molar-refractivity contribution < 1.29 is 20.1 Å². The Labute approximate surface area is 294 Å². The van der Waals surface area contributed by atoms with Crippen LogP contribution in [0.3, 0.4) is 0 Å². The third-order valence-electron chi connectivity index (χ3n) is 8.77. The summed E-state index contributed by atoms with van der Waals surface area (Å²) in [6, 6.07) is 40.7. The molecule has 0 N–H and O–H groups in total. The molecule has 0 fully saturated rings. The molecular weight excluding hydrogens is 811 g/mol. The van der Waals surface area contributed by atoms with Crippen LogP contribution in [-0.2, 0) is 26.5 Å². The van der Waals surface area contributed by atoms with Gasteiger partial charge in [0.2, 0.25) is 0 Å². The van der Waals surface area contributed by atoms with E-state index in [9.17, 15) is 0 Å². The Kier molecular flexibility index (Phi) is 9.40. The minimum atomic E-state index is -2.00. The first-order chi connectivity index (χ1) is 22.2. The number of fused-ring (bicyclic) bond motifs is 6. The van der Waals surface area contributed by atoms with Crippen molar-refractivity contribution in [3.05, 3.63) is 133 Å². The van der Waals surface area contributed by atoms with E-state index in [1.54, 1.807) is 6.20 Å². The van der Waals surface area contributed by atoms with Crippen molar-refractivity contribution in [3.63, 3.8) is 0 Å². The molecule has 8 rings (SSSR count). The van der Waals surface area contributed by atoms with E-state index in [1.807, 2.05) is 42.5 Å². The topological polar surface area (TPSA) is 30.2 Å². The Morgan fingerprint density at radius 1 is 0.745 bits per heavy atom. The van der Waals surface area contributed by atoms with Crippen LogP contribution in [0.25, 0.3) is 60.6 Å². The zero-order valence-electron chi connectivity index (χ0n) is 27.9. The molecule has 8 aromatic rings. The molecule has 0 bridgehead atoms. The smallest absolute Gasteiger partial charge is 0.0160 e. The Bertz CT molecular complexity index is 2260. The third kappa shape index (κ3) is 6.27. The zero-order valence-corrected chi connectivity index (χ0v) is 32.3. The maximum atomic E-state index is 4.99. The van der Waals surface area contributed by atoms with Gasteiger partial charge >= 0.3 is 199 Å². The van der Waals surface area contributed by atoms with Gasteiger partial charge in [0.05, 0.1) is 0 Å². The summed E-state index contributed by atoms with van der Waals surface area (Å²) in [6.07, 6.45) is 5.07. The second-order valence-electron chi connectivity index (χ2n) is 13.7. The predicted octanol–water partition coefficient (Wildman–Crippen LogP) is 10.3. The molecule has 0 spiro atoms. The van der Waals surface area contributed by atoms with Crippen LogP contribution < -0.4 is 4.40 Å². The predicted molar refractivity (Wildman–Crippen MR) is 198 cm³/mol. The van der Waals surface area contributed by atoms with E-state index in [0.717, 1.165) is 28.9 Å². The quantitative estimate of drug-likeness (QED) is 0.128. The van der Waals surface area contributed by atoms with Gasteiger partial charge in [-0.2, -0.15) is 0 Å². The van der Waals surface area contributed by atoms with Crippen molar-refractivity contribution in [1.82, 2.24) is 14.4 Å². The van der Waals surface area contributed by atoms with Crippen LogP contribution in [0.4, 0.5) is 0 Å². The molecular formula is C42H39GeIrN3-2. The minimum Gasteiger partial charge on any atom is -0.305 e. The second-order valence-corrected chi connectivity index (χ2v) is 24.3. The minimum absolute atomic E-state index is 0. The van der Waals surface area contributed by atoms with Gasteiger partial charge in [-0.3, -0.25) is 0 Å². The molecule has 4 aromatic heterocycles. The summed E-state index contributed by atoms with van der Waals surface area (Å²) in [4.78, 5) is 9.21. The van der Waals surface area contributed by atoms with E-state index in [-0.39, 0.29) is 20.1 Å². The molecule has 0 unspecified atom stereocenters. The second kappa shape index (κ2) is 13.4. The number of aryl methyl sites for hydroxylation is 1. The molecule has 47 heavy (non-hydrogen) atoms. The average molecular weight is 851 g/mol. The van der Waals surface area contributed by atoms with Crippen LogP contribution in [0.1, 0.15) is 25.0 Å². The molecule has 0 amide bonds. The first kappa shape index (κ1) is 33.1.